The number of nitriles is 1. The Balaban J connectivity index is 2.38. The molecule has 92 valence electrons. The number of pyridine rings is 1. The van der Waals surface area contributed by atoms with Crippen molar-refractivity contribution in [2.24, 2.45) is 0 Å². The standard InChI is InChI=1S/C14H8N2O2S/c15-6-9-12(17)13-11(16-14(9)18)10(7-19-13)8-4-2-1-3-5-8/h1-5,7H,(H2,16,17,18). The second-order valence-corrected chi connectivity index (χ2v) is 4.89. The molecular weight excluding hydrogens is 260 g/mol. The Morgan fingerprint density at radius 3 is 2.68 bits per heavy atom. The summed E-state index contributed by atoms with van der Waals surface area (Å²) in [4.78, 5) is 14.4. The number of aromatic nitrogens is 1. The van der Waals surface area contributed by atoms with Gasteiger partial charge in [0.1, 0.15) is 6.07 Å². The van der Waals surface area contributed by atoms with Crippen molar-refractivity contribution in [2.45, 2.75) is 0 Å². The molecule has 0 amide bonds. The number of H-pyrrole nitrogens is 1. The summed E-state index contributed by atoms with van der Waals surface area (Å²) in [7, 11) is 0. The fraction of sp³-hybridized carbons (Fsp3) is 0. The molecule has 4 nitrogen and oxygen atoms in total. The minimum Gasteiger partial charge on any atom is -0.505 e. The maximum atomic E-state index is 11.7. The molecule has 19 heavy (non-hydrogen) atoms. The molecule has 0 spiro atoms. The Hall–Kier alpha value is -2.58. The minimum atomic E-state index is -0.567. The Morgan fingerprint density at radius 2 is 2.00 bits per heavy atom. The number of hydrogen-bond acceptors (Lipinski definition) is 4. The van der Waals surface area contributed by atoms with Crippen molar-refractivity contribution in [1.82, 2.24) is 4.98 Å². The van der Waals surface area contributed by atoms with E-state index in [9.17, 15) is 9.90 Å². The van der Waals surface area contributed by atoms with Gasteiger partial charge in [0.15, 0.2) is 11.3 Å². The van der Waals surface area contributed by atoms with Gasteiger partial charge in [-0.05, 0) is 5.56 Å². The van der Waals surface area contributed by atoms with E-state index < -0.39 is 5.56 Å². The largest absolute Gasteiger partial charge is 0.505 e. The lowest BCUT2D eigenvalue weighted by Crippen LogP contribution is -2.09. The normalized spacial score (nSPS) is 10.5. The molecule has 0 aliphatic heterocycles. The SMILES string of the molecule is N#Cc1c(O)c2scc(-c3ccccc3)c2[nH]c1=O. The Morgan fingerprint density at radius 1 is 1.26 bits per heavy atom. The number of hydrogen-bond donors (Lipinski definition) is 2. The third-order valence-corrected chi connectivity index (χ3v) is 3.89. The first-order valence-corrected chi connectivity index (χ1v) is 6.42. The molecule has 2 heterocycles. The molecule has 2 aromatic heterocycles. The lowest BCUT2D eigenvalue weighted by Gasteiger charge is -2.01. The number of thiophene rings is 1. The van der Waals surface area contributed by atoms with E-state index in [1.807, 2.05) is 35.7 Å². The van der Waals surface area contributed by atoms with Crippen molar-refractivity contribution in [3.63, 3.8) is 0 Å². The number of aromatic hydroxyl groups is 1. The smallest absolute Gasteiger partial charge is 0.270 e. The van der Waals surface area contributed by atoms with E-state index in [0.29, 0.717) is 10.2 Å². The van der Waals surface area contributed by atoms with Gasteiger partial charge in [0.2, 0.25) is 0 Å². The molecule has 0 saturated heterocycles. The summed E-state index contributed by atoms with van der Waals surface area (Å²) in [5.41, 5.74) is 1.56. The van der Waals surface area contributed by atoms with Gasteiger partial charge < -0.3 is 10.1 Å². The fourth-order valence-electron chi connectivity index (χ4n) is 1.99. The third kappa shape index (κ3) is 1.70. The summed E-state index contributed by atoms with van der Waals surface area (Å²) in [6.07, 6.45) is 0. The number of fused-ring (bicyclic) bond motifs is 1. The molecule has 2 N–H and O–H groups in total. The van der Waals surface area contributed by atoms with Crippen molar-refractivity contribution in [2.75, 3.05) is 0 Å². The second kappa shape index (κ2) is 4.26. The topological polar surface area (TPSA) is 76.9 Å². The van der Waals surface area contributed by atoms with E-state index in [1.165, 1.54) is 11.3 Å². The van der Waals surface area contributed by atoms with Crippen molar-refractivity contribution in [3.8, 4) is 22.9 Å². The van der Waals surface area contributed by atoms with Crippen LogP contribution in [0.15, 0.2) is 40.5 Å². The summed E-state index contributed by atoms with van der Waals surface area (Å²) in [5.74, 6) is -0.242. The molecule has 0 fully saturated rings. The highest BCUT2D eigenvalue weighted by atomic mass is 32.1. The molecule has 0 atom stereocenters. The zero-order chi connectivity index (χ0) is 13.4. The predicted molar refractivity (Wildman–Crippen MR) is 74.3 cm³/mol. The van der Waals surface area contributed by atoms with Crippen LogP contribution >= 0.6 is 11.3 Å². The monoisotopic (exact) mass is 268 g/mol. The molecule has 0 radical (unpaired) electrons. The minimum absolute atomic E-state index is 0.242. The Kier molecular flexibility index (Phi) is 2.58. The van der Waals surface area contributed by atoms with Gasteiger partial charge in [0.05, 0.1) is 10.2 Å². The molecule has 3 rings (SSSR count). The van der Waals surface area contributed by atoms with Crippen LogP contribution in [0.5, 0.6) is 5.75 Å². The molecular formula is C14H8N2O2S. The molecule has 0 bridgehead atoms. The molecule has 0 aliphatic rings. The maximum Gasteiger partial charge on any atom is 0.270 e. The van der Waals surface area contributed by atoms with Crippen LogP contribution in [-0.4, -0.2) is 10.1 Å². The van der Waals surface area contributed by atoms with Gasteiger partial charge in [-0.3, -0.25) is 4.79 Å². The van der Waals surface area contributed by atoms with Crippen molar-refractivity contribution >= 4 is 21.6 Å². The van der Waals surface area contributed by atoms with Crippen LogP contribution in [0.2, 0.25) is 0 Å². The third-order valence-electron chi connectivity index (χ3n) is 2.91. The van der Waals surface area contributed by atoms with Gasteiger partial charge in [-0.15, -0.1) is 11.3 Å². The zero-order valence-corrected chi connectivity index (χ0v) is 10.5. The van der Waals surface area contributed by atoms with Crippen molar-refractivity contribution in [3.05, 3.63) is 51.6 Å². The van der Waals surface area contributed by atoms with E-state index in [2.05, 4.69) is 4.98 Å². The van der Waals surface area contributed by atoms with E-state index in [-0.39, 0.29) is 11.3 Å². The average Bonchev–Trinajstić information content (AvgIpc) is 2.84. The van der Waals surface area contributed by atoms with Crippen molar-refractivity contribution < 1.29 is 5.11 Å². The highest BCUT2D eigenvalue weighted by Gasteiger charge is 2.16. The highest BCUT2D eigenvalue weighted by Crippen LogP contribution is 2.37. The number of nitrogens with one attached hydrogen (secondary N) is 1. The summed E-state index contributed by atoms with van der Waals surface area (Å²) >= 11 is 1.30. The number of aromatic amines is 1. The van der Waals surface area contributed by atoms with Gasteiger partial charge in [-0.1, -0.05) is 30.3 Å². The summed E-state index contributed by atoms with van der Waals surface area (Å²) in [6.45, 7) is 0. The predicted octanol–water partition coefficient (Wildman–Crippen LogP) is 2.83. The summed E-state index contributed by atoms with van der Waals surface area (Å²) in [5, 5.41) is 20.7. The van der Waals surface area contributed by atoms with Crippen LogP contribution in [0, 0.1) is 11.3 Å². The van der Waals surface area contributed by atoms with E-state index >= 15 is 0 Å². The lowest BCUT2D eigenvalue weighted by molar-refractivity contribution is 0.479. The van der Waals surface area contributed by atoms with Crippen LogP contribution in [0.1, 0.15) is 5.56 Å². The van der Waals surface area contributed by atoms with Crippen LogP contribution in [0.25, 0.3) is 21.3 Å². The van der Waals surface area contributed by atoms with Gasteiger partial charge in [0.25, 0.3) is 5.56 Å². The first-order valence-electron chi connectivity index (χ1n) is 5.54. The maximum absolute atomic E-state index is 11.7. The van der Waals surface area contributed by atoms with E-state index in [1.54, 1.807) is 6.07 Å². The quantitative estimate of drug-likeness (QED) is 0.712. The first-order chi connectivity index (χ1) is 9.22. The van der Waals surface area contributed by atoms with Crippen LogP contribution < -0.4 is 5.56 Å². The first kappa shape index (κ1) is 11.5. The van der Waals surface area contributed by atoms with Crippen molar-refractivity contribution in [1.29, 1.82) is 5.26 Å². The van der Waals surface area contributed by atoms with Crippen LogP contribution in [0.4, 0.5) is 0 Å². The number of rotatable bonds is 1. The van der Waals surface area contributed by atoms with E-state index in [0.717, 1.165) is 11.1 Å². The summed E-state index contributed by atoms with van der Waals surface area (Å²) < 4.78 is 0.523. The number of nitrogens with zero attached hydrogens (tertiary/aromatic N) is 1. The molecule has 5 heteroatoms. The Bertz CT molecular complexity index is 857. The molecule has 3 aromatic rings. The van der Waals surface area contributed by atoms with Crippen LogP contribution in [-0.2, 0) is 0 Å². The average molecular weight is 268 g/mol. The molecule has 0 unspecified atom stereocenters. The van der Waals surface area contributed by atoms with Gasteiger partial charge in [0, 0.05) is 10.9 Å². The number of benzene rings is 1. The van der Waals surface area contributed by atoms with Gasteiger partial charge in [-0.2, -0.15) is 5.26 Å². The van der Waals surface area contributed by atoms with Gasteiger partial charge >= 0.3 is 0 Å². The fourth-order valence-corrected chi connectivity index (χ4v) is 2.97. The lowest BCUT2D eigenvalue weighted by atomic mass is 10.1. The van der Waals surface area contributed by atoms with E-state index in [4.69, 9.17) is 5.26 Å². The molecule has 0 aliphatic carbocycles. The highest BCUT2D eigenvalue weighted by molar-refractivity contribution is 7.18. The molecule has 0 saturated carbocycles. The van der Waals surface area contributed by atoms with Gasteiger partial charge in [-0.25, -0.2) is 0 Å². The van der Waals surface area contributed by atoms with Crippen LogP contribution in [0.3, 0.4) is 0 Å². The second-order valence-electron chi connectivity index (χ2n) is 4.01. The molecule has 1 aromatic carbocycles. The Labute approximate surface area is 112 Å². The summed E-state index contributed by atoms with van der Waals surface area (Å²) in [6, 6.07) is 11.3. The zero-order valence-electron chi connectivity index (χ0n) is 9.68.